The molecule has 0 saturated heterocycles. The highest BCUT2D eigenvalue weighted by Gasteiger charge is 2.07. The average Bonchev–Trinajstić information content (AvgIpc) is 2.87. The first-order valence-corrected chi connectivity index (χ1v) is 5.30. The summed E-state index contributed by atoms with van der Waals surface area (Å²) in [5.41, 5.74) is 2.54. The molecule has 0 fully saturated rings. The number of amides is 1. The molecule has 0 aliphatic carbocycles. The van der Waals surface area contributed by atoms with Crippen LogP contribution in [0.15, 0.2) is 22.3 Å². The molecule has 2 rings (SSSR count). The van der Waals surface area contributed by atoms with Gasteiger partial charge in [-0.15, -0.1) is 20.4 Å². The monoisotopic (exact) mass is 240 g/mol. The van der Waals surface area contributed by atoms with Gasteiger partial charge in [0.25, 0.3) is 5.22 Å². The number of carbonyl (C=O) groups excluding carboxylic acids is 1. The molecule has 2 heterocycles. The minimum Gasteiger partial charge on any atom is -0.416 e. The average molecular weight is 240 g/mol. The van der Waals surface area contributed by atoms with E-state index in [4.69, 9.17) is 4.42 Å². The van der Waals surface area contributed by atoms with Crippen molar-refractivity contribution in [2.24, 2.45) is 0 Å². The van der Waals surface area contributed by atoms with Crippen LogP contribution in [0.3, 0.4) is 0 Å². The van der Waals surface area contributed by atoms with Gasteiger partial charge in [-0.1, -0.05) is 11.8 Å². The third kappa shape index (κ3) is 2.79. The lowest BCUT2D eigenvalue weighted by molar-refractivity contribution is -0.114. The second-order valence-corrected chi connectivity index (χ2v) is 3.71. The van der Waals surface area contributed by atoms with Crippen LogP contribution in [0.2, 0.25) is 0 Å². The minimum atomic E-state index is -0.208. The maximum Gasteiger partial charge on any atom is 0.277 e. The lowest BCUT2D eigenvalue weighted by atomic mass is 10.7. The van der Waals surface area contributed by atoms with Crippen LogP contribution < -0.4 is 5.43 Å². The highest BCUT2D eigenvalue weighted by Crippen LogP contribution is 2.14. The summed E-state index contributed by atoms with van der Waals surface area (Å²) in [5.74, 6) is 0.446. The van der Waals surface area contributed by atoms with Crippen molar-refractivity contribution in [2.75, 3.05) is 11.2 Å². The van der Waals surface area contributed by atoms with Crippen molar-refractivity contribution in [3.63, 3.8) is 0 Å². The van der Waals surface area contributed by atoms with Gasteiger partial charge < -0.3 is 4.42 Å². The van der Waals surface area contributed by atoms with Crippen LogP contribution in [-0.4, -0.2) is 36.7 Å². The number of hydrogen-bond acceptors (Lipinski definition) is 7. The summed E-state index contributed by atoms with van der Waals surface area (Å²) in [5, 5.41) is 14.9. The van der Waals surface area contributed by atoms with Crippen LogP contribution in [0.4, 0.5) is 0 Å². The highest BCUT2D eigenvalue weighted by atomic mass is 32.2. The molecule has 0 aromatic carbocycles. The summed E-state index contributed by atoms with van der Waals surface area (Å²) in [6.45, 7) is 1.69. The smallest absolute Gasteiger partial charge is 0.277 e. The Bertz CT molecular complexity index is 467. The van der Waals surface area contributed by atoms with E-state index < -0.39 is 0 Å². The van der Waals surface area contributed by atoms with Crippen molar-refractivity contribution >= 4 is 17.7 Å². The molecule has 0 saturated carbocycles. The number of aryl methyl sites for hydroxylation is 1. The lowest BCUT2D eigenvalue weighted by Crippen LogP contribution is -2.23. The Morgan fingerprint density at radius 2 is 2.25 bits per heavy atom. The van der Waals surface area contributed by atoms with Crippen molar-refractivity contribution in [1.82, 2.24) is 25.1 Å². The number of nitrogens with zero attached hydrogens (tertiary/aromatic N) is 5. The molecular weight excluding hydrogens is 232 g/mol. The van der Waals surface area contributed by atoms with Crippen molar-refractivity contribution < 1.29 is 9.21 Å². The van der Waals surface area contributed by atoms with E-state index in [2.05, 4.69) is 25.8 Å². The van der Waals surface area contributed by atoms with Gasteiger partial charge in [0.2, 0.25) is 11.8 Å². The fourth-order valence-corrected chi connectivity index (χ4v) is 1.50. The summed E-state index contributed by atoms with van der Waals surface area (Å²) in [6, 6.07) is 0. The second kappa shape index (κ2) is 4.75. The first-order chi connectivity index (χ1) is 7.74. The third-order valence-electron chi connectivity index (χ3n) is 1.51. The van der Waals surface area contributed by atoms with Gasteiger partial charge in [0.05, 0.1) is 5.75 Å². The van der Waals surface area contributed by atoms with Crippen molar-refractivity contribution in [3.8, 4) is 0 Å². The zero-order valence-corrected chi connectivity index (χ0v) is 9.14. The quantitative estimate of drug-likeness (QED) is 0.741. The van der Waals surface area contributed by atoms with Crippen molar-refractivity contribution in [3.05, 3.63) is 18.5 Å². The predicted molar refractivity (Wildman–Crippen MR) is 54.1 cm³/mol. The molecule has 0 aliphatic heterocycles. The first kappa shape index (κ1) is 10.6. The third-order valence-corrected chi connectivity index (χ3v) is 2.33. The van der Waals surface area contributed by atoms with Crippen LogP contribution >= 0.6 is 11.8 Å². The van der Waals surface area contributed by atoms with E-state index in [0.717, 1.165) is 11.8 Å². The predicted octanol–water partition coefficient (Wildman–Crippen LogP) is -0.168. The summed E-state index contributed by atoms with van der Waals surface area (Å²) < 4.78 is 6.46. The second-order valence-electron chi connectivity index (χ2n) is 2.78. The van der Waals surface area contributed by atoms with Gasteiger partial charge >= 0.3 is 0 Å². The zero-order valence-electron chi connectivity index (χ0n) is 8.32. The molecule has 0 radical (unpaired) electrons. The normalized spacial score (nSPS) is 10.3. The van der Waals surface area contributed by atoms with Gasteiger partial charge in [0.1, 0.15) is 12.7 Å². The molecule has 9 heteroatoms. The molecule has 2 aromatic rings. The number of rotatable bonds is 4. The van der Waals surface area contributed by atoms with E-state index in [0.29, 0.717) is 11.1 Å². The molecule has 8 nitrogen and oxygen atoms in total. The molecule has 0 spiro atoms. The van der Waals surface area contributed by atoms with Crippen LogP contribution in [0.1, 0.15) is 5.89 Å². The van der Waals surface area contributed by atoms with Crippen LogP contribution in [0.25, 0.3) is 0 Å². The summed E-state index contributed by atoms with van der Waals surface area (Å²) in [6.07, 6.45) is 2.78. The number of nitrogens with one attached hydrogen (secondary N) is 1. The van der Waals surface area contributed by atoms with E-state index in [9.17, 15) is 4.79 Å². The summed E-state index contributed by atoms with van der Waals surface area (Å²) >= 11 is 1.16. The van der Waals surface area contributed by atoms with E-state index >= 15 is 0 Å². The van der Waals surface area contributed by atoms with E-state index in [-0.39, 0.29) is 11.7 Å². The van der Waals surface area contributed by atoms with Gasteiger partial charge in [0, 0.05) is 6.92 Å². The summed E-state index contributed by atoms with van der Waals surface area (Å²) in [7, 11) is 0. The molecule has 0 bridgehead atoms. The number of thioether (sulfide) groups is 1. The molecule has 0 atom stereocenters. The Kier molecular flexibility index (Phi) is 3.15. The van der Waals surface area contributed by atoms with Gasteiger partial charge in [0.15, 0.2) is 0 Å². The lowest BCUT2D eigenvalue weighted by Gasteiger charge is -2.01. The number of hydrogen-bond donors (Lipinski definition) is 1. The fraction of sp³-hybridized carbons (Fsp3) is 0.286. The largest absolute Gasteiger partial charge is 0.416 e. The molecule has 2 aromatic heterocycles. The molecule has 0 aliphatic rings. The van der Waals surface area contributed by atoms with E-state index in [1.807, 2.05) is 0 Å². The molecule has 16 heavy (non-hydrogen) atoms. The van der Waals surface area contributed by atoms with Gasteiger partial charge in [-0.05, 0) is 0 Å². The Morgan fingerprint density at radius 3 is 2.88 bits per heavy atom. The van der Waals surface area contributed by atoms with Crippen molar-refractivity contribution in [1.29, 1.82) is 0 Å². The van der Waals surface area contributed by atoms with Gasteiger partial charge in [-0.3, -0.25) is 10.2 Å². The molecular formula is C7H8N6O2S. The molecule has 1 N–H and O–H groups in total. The van der Waals surface area contributed by atoms with E-state index in [1.54, 1.807) is 6.92 Å². The van der Waals surface area contributed by atoms with Crippen molar-refractivity contribution in [2.45, 2.75) is 12.1 Å². The van der Waals surface area contributed by atoms with Gasteiger partial charge in [-0.25, -0.2) is 4.68 Å². The van der Waals surface area contributed by atoms with Crippen LogP contribution in [0, 0.1) is 6.92 Å². The molecule has 0 unspecified atom stereocenters. The fourth-order valence-electron chi connectivity index (χ4n) is 0.899. The highest BCUT2D eigenvalue weighted by molar-refractivity contribution is 7.99. The Hall–Kier alpha value is -1.90. The standard InChI is InChI=1S/C7H8N6O2S/c1-5-10-11-7(15-5)16-2-6(14)12-13-3-8-9-4-13/h3-4H,2H2,1H3,(H,12,14). The van der Waals surface area contributed by atoms with Gasteiger partial charge in [-0.2, -0.15) is 0 Å². The van der Waals surface area contributed by atoms with E-state index in [1.165, 1.54) is 17.3 Å². The van der Waals surface area contributed by atoms with Crippen LogP contribution in [0.5, 0.6) is 0 Å². The number of aromatic nitrogens is 5. The summed E-state index contributed by atoms with van der Waals surface area (Å²) in [4.78, 5) is 11.4. The topological polar surface area (TPSA) is 98.7 Å². The SMILES string of the molecule is Cc1nnc(SCC(=O)Nn2cnnc2)o1. The minimum absolute atomic E-state index is 0.180. The molecule has 1 amide bonds. The Morgan fingerprint density at radius 1 is 1.50 bits per heavy atom. The maximum atomic E-state index is 11.4. The zero-order chi connectivity index (χ0) is 11.4. The first-order valence-electron chi connectivity index (χ1n) is 4.31. The maximum absolute atomic E-state index is 11.4. The Labute approximate surface area is 94.4 Å². The number of carbonyl (C=O) groups is 1. The Balaban J connectivity index is 1.80. The van der Waals surface area contributed by atoms with Crippen LogP contribution in [-0.2, 0) is 4.79 Å². The molecule has 84 valence electrons.